The summed E-state index contributed by atoms with van der Waals surface area (Å²) in [7, 11) is 1.77. The van der Waals surface area contributed by atoms with E-state index in [9.17, 15) is 14.4 Å². The summed E-state index contributed by atoms with van der Waals surface area (Å²) in [6, 6.07) is 24.0. The highest BCUT2D eigenvalue weighted by Crippen LogP contribution is 2.17. The first-order chi connectivity index (χ1) is 18.0. The number of benzene rings is 3. The number of hydrogen-bond donors (Lipinski definition) is 2. The molecule has 0 bridgehead atoms. The van der Waals surface area contributed by atoms with Crippen LogP contribution in [-0.4, -0.2) is 54.2 Å². The molecule has 1 aliphatic rings. The normalized spacial score (nSPS) is 13.4. The largest absolute Gasteiger partial charge is 0.376 e. The average Bonchev–Trinajstić information content (AvgIpc) is 3.22. The van der Waals surface area contributed by atoms with Crippen molar-refractivity contribution in [2.24, 2.45) is 0 Å². The zero-order chi connectivity index (χ0) is 26.0. The Bertz CT molecular complexity index is 1220. The number of anilines is 2. The SMILES string of the molecule is CN(Cc1ccccc1)C(=O)c1cccc(NCC(=O)Nc2cccc(C(=O)N3CCCCCC3)c2)c1. The molecule has 0 saturated carbocycles. The number of amides is 3. The monoisotopic (exact) mass is 498 g/mol. The maximum atomic E-state index is 12.9. The minimum absolute atomic E-state index is 0.00911. The van der Waals surface area contributed by atoms with Gasteiger partial charge in [0, 0.05) is 49.2 Å². The van der Waals surface area contributed by atoms with E-state index in [1.54, 1.807) is 54.4 Å². The van der Waals surface area contributed by atoms with Gasteiger partial charge in [-0.05, 0) is 54.8 Å². The van der Waals surface area contributed by atoms with Crippen LogP contribution in [0, 0.1) is 0 Å². The number of carbonyl (C=O) groups is 3. The number of hydrogen-bond acceptors (Lipinski definition) is 4. The highest BCUT2D eigenvalue weighted by atomic mass is 16.2. The lowest BCUT2D eigenvalue weighted by Gasteiger charge is -2.20. The van der Waals surface area contributed by atoms with E-state index in [4.69, 9.17) is 0 Å². The lowest BCUT2D eigenvalue weighted by Crippen LogP contribution is -2.31. The van der Waals surface area contributed by atoms with Crippen LogP contribution >= 0.6 is 0 Å². The molecule has 3 aromatic carbocycles. The van der Waals surface area contributed by atoms with Gasteiger partial charge in [0.15, 0.2) is 0 Å². The molecule has 7 heteroatoms. The molecule has 0 aliphatic carbocycles. The van der Waals surface area contributed by atoms with Crippen molar-refractivity contribution in [1.29, 1.82) is 0 Å². The molecule has 192 valence electrons. The summed E-state index contributed by atoms with van der Waals surface area (Å²) in [5, 5.41) is 5.94. The summed E-state index contributed by atoms with van der Waals surface area (Å²) in [6.07, 6.45) is 4.39. The Hall–Kier alpha value is -4.13. The van der Waals surface area contributed by atoms with Gasteiger partial charge in [-0.1, -0.05) is 55.3 Å². The van der Waals surface area contributed by atoms with Gasteiger partial charge in [0.2, 0.25) is 5.91 Å². The van der Waals surface area contributed by atoms with Gasteiger partial charge in [-0.2, -0.15) is 0 Å². The molecule has 1 aliphatic heterocycles. The van der Waals surface area contributed by atoms with Crippen molar-refractivity contribution >= 4 is 29.1 Å². The van der Waals surface area contributed by atoms with Gasteiger partial charge >= 0.3 is 0 Å². The molecule has 3 amide bonds. The molecule has 4 rings (SSSR count). The van der Waals surface area contributed by atoms with Crippen LogP contribution in [0.4, 0.5) is 11.4 Å². The maximum absolute atomic E-state index is 12.9. The second kappa shape index (κ2) is 12.7. The maximum Gasteiger partial charge on any atom is 0.253 e. The summed E-state index contributed by atoms with van der Waals surface area (Å²) < 4.78 is 0. The van der Waals surface area contributed by atoms with Gasteiger partial charge < -0.3 is 20.4 Å². The second-order valence-corrected chi connectivity index (χ2v) is 9.42. The molecule has 0 unspecified atom stereocenters. The Morgan fingerprint density at radius 2 is 1.43 bits per heavy atom. The Morgan fingerprint density at radius 1 is 0.784 bits per heavy atom. The van der Waals surface area contributed by atoms with E-state index in [-0.39, 0.29) is 24.3 Å². The zero-order valence-electron chi connectivity index (χ0n) is 21.3. The van der Waals surface area contributed by atoms with Crippen molar-refractivity contribution in [2.45, 2.75) is 32.2 Å². The average molecular weight is 499 g/mol. The van der Waals surface area contributed by atoms with Crippen molar-refractivity contribution < 1.29 is 14.4 Å². The van der Waals surface area contributed by atoms with E-state index >= 15 is 0 Å². The standard InChI is InChI=1S/C30H34N4O3/c1-33(22-23-11-5-4-6-12-23)29(36)24-13-9-15-26(19-24)31-21-28(35)32-27-16-10-14-25(20-27)30(37)34-17-7-2-3-8-18-34/h4-6,9-16,19-20,31H,2-3,7-8,17-18,21-22H2,1H3,(H,32,35). The van der Waals surface area contributed by atoms with Crippen LogP contribution in [-0.2, 0) is 11.3 Å². The number of rotatable bonds is 8. The first-order valence-electron chi connectivity index (χ1n) is 12.8. The molecule has 0 atom stereocenters. The summed E-state index contributed by atoms with van der Waals surface area (Å²) >= 11 is 0. The van der Waals surface area contributed by atoms with Gasteiger partial charge in [0.25, 0.3) is 11.8 Å². The highest BCUT2D eigenvalue weighted by molar-refractivity contribution is 5.98. The first kappa shape index (κ1) is 25.9. The topological polar surface area (TPSA) is 81.8 Å². The quantitative estimate of drug-likeness (QED) is 0.457. The van der Waals surface area contributed by atoms with Crippen molar-refractivity contribution in [1.82, 2.24) is 9.80 Å². The van der Waals surface area contributed by atoms with E-state index in [1.165, 1.54) is 0 Å². The predicted octanol–water partition coefficient (Wildman–Crippen LogP) is 5.03. The molecule has 1 saturated heterocycles. The highest BCUT2D eigenvalue weighted by Gasteiger charge is 2.18. The van der Waals surface area contributed by atoms with Gasteiger partial charge in [-0.3, -0.25) is 14.4 Å². The lowest BCUT2D eigenvalue weighted by atomic mass is 10.1. The van der Waals surface area contributed by atoms with Gasteiger partial charge in [0.05, 0.1) is 6.54 Å². The fourth-order valence-corrected chi connectivity index (χ4v) is 4.49. The van der Waals surface area contributed by atoms with Crippen LogP contribution in [0.5, 0.6) is 0 Å². The summed E-state index contributed by atoms with van der Waals surface area (Å²) in [6.45, 7) is 2.10. The van der Waals surface area contributed by atoms with E-state index in [1.807, 2.05) is 41.3 Å². The van der Waals surface area contributed by atoms with E-state index in [0.717, 1.165) is 44.3 Å². The van der Waals surface area contributed by atoms with Gasteiger partial charge in [-0.25, -0.2) is 0 Å². The predicted molar refractivity (Wildman–Crippen MR) is 147 cm³/mol. The molecule has 37 heavy (non-hydrogen) atoms. The second-order valence-electron chi connectivity index (χ2n) is 9.42. The summed E-state index contributed by atoms with van der Waals surface area (Å²) in [4.78, 5) is 42.0. The van der Waals surface area contributed by atoms with Crippen LogP contribution in [0.3, 0.4) is 0 Å². The molecule has 2 N–H and O–H groups in total. The molecular formula is C30H34N4O3. The van der Waals surface area contributed by atoms with Gasteiger partial charge in [0.1, 0.15) is 0 Å². The summed E-state index contributed by atoms with van der Waals surface area (Å²) in [5.74, 6) is -0.324. The number of nitrogens with zero attached hydrogens (tertiary/aromatic N) is 2. The van der Waals surface area contributed by atoms with E-state index in [2.05, 4.69) is 10.6 Å². The van der Waals surface area contributed by atoms with Crippen LogP contribution in [0.2, 0.25) is 0 Å². The molecule has 0 spiro atoms. The van der Waals surface area contributed by atoms with Crippen molar-refractivity contribution in [3.05, 3.63) is 95.6 Å². The first-order valence-corrected chi connectivity index (χ1v) is 12.8. The fourth-order valence-electron chi connectivity index (χ4n) is 4.49. The Kier molecular flexibility index (Phi) is 8.92. The molecule has 0 radical (unpaired) electrons. The third kappa shape index (κ3) is 7.43. The fraction of sp³-hybridized carbons (Fsp3) is 0.300. The van der Waals surface area contributed by atoms with Crippen LogP contribution < -0.4 is 10.6 Å². The minimum Gasteiger partial charge on any atom is -0.376 e. The minimum atomic E-state index is -0.239. The Morgan fingerprint density at radius 3 is 2.16 bits per heavy atom. The third-order valence-corrected chi connectivity index (χ3v) is 6.46. The van der Waals surface area contributed by atoms with Crippen LogP contribution in [0.1, 0.15) is 52.0 Å². The Balaban J connectivity index is 1.31. The molecule has 1 heterocycles. The van der Waals surface area contributed by atoms with Crippen LogP contribution in [0.15, 0.2) is 78.9 Å². The Labute approximate surface area is 218 Å². The van der Waals surface area contributed by atoms with Crippen molar-refractivity contribution in [3.63, 3.8) is 0 Å². The van der Waals surface area contributed by atoms with Crippen molar-refractivity contribution in [2.75, 3.05) is 37.3 Å². The van der Waals surface area contributed by atoms with Crippen molar-refractivity contribution in [3.8, 4) is 0 Å². The van der Waals surface area contributed by atoms with E-state index in [0.29, 0.717) is 29.0 Å². The molecule has 1 fully saturated rings. The van der Waals surface area contributed by atoms with E-state index < -0.39 is 0 Å². The molecular weight excluding hydrogens is 464 g/mol. The zero-order valence-corrected chi connectivity index (χ0v) is 21.3. The number of carbonyl (C=O) groups excluding carboxylic acids is 3. The number of nitrogens with one attached hydrogen (secondary N) is 2. The lowest BCUT2D eigenvalue weighted by molar-refractivity contribution is -0.114. The number of likely N-dealkylation sites (tertiary alicyclic amines) is 1. The third-order valence-electron chi connectivity index (χ3n) is 6.46. The van der Waals surface area contributed by atoms with Crippen LogP contribution in [0.25, 0.3) is 0 Å². The smallest absolute Gasteiger partial charge is 0.253 e. The summed E-state index contributed by atoms with van der Waals surface area (Å²) in [5.41, 5.74) is 3.45. The molecule has 0 aromatic heterocycles. The molecule has 3 aromatic rings. The van der Waals surface area contributed by atoms with Gasteiger partial charge in [-0.15, -0.1) is 0 Å². The molecule has 7 nitrogen and oxygen atoms in total.